The number of halogens is 2. The van der Waals surface area contributed by atoms with Gasteiger partial charge in [0.05, 0.1) is 22.5 Å². The maximum absolute atomic E-state index is 10.7. The Hall–Kier alpha value is 0.460. The third-order valence-electron chi connectivity index (χ3n) is 9.05. The normalized spacial score (nSPS) is 61.3. The molecule has 10 atom stereocenters. The highest BCUT2D eigenvalue weighted by molar-refractivity contribution is 6.33. The predicted octanol–water partition coefficient (Wildman–Crippen LogP) is 3.53. The number of hydrogen-bond acceptors (Lipinski definition) is 3. The molecule has 4 rings (SSSR count). The van der Waals surface area contributed by atoms with Gasteiger partial charge >= 0.3 is 0 Å². The summed E-state index contributed by atoms with van der Waals surface area (Å²) in [6.45, 7) is 4.70. The Kier molecular flexibility index (Phi) is 4.50. The Balaban J connectivity index is 1.70. The summed E-state index contributed by atoms with van der Waals surface area (Å²) in [7, 11) is 1.98. The van der Waals surface area contributed by atoms with E-state index in [4.69, 9.17) is 23.2 Å². The zero-order valence-corrected chi connectivity index (χ0v) is 17.2. The first-order valence-corrected chi connectivity index (χ1v) is 10.8. The lowest BCUT2D eigenvalue weighted by Gasteiger charge is -2.65. The van der Waals surface area contributed by atoms with E-state index in [2.05, 4.69) is 19.2 Å². The lowest BCUT2D eigenvalue weighted by atomic mass is 9.44. The number of aliphatic hydroxyl groups excluding tert-OH is 2. The molecule has 0 aromatic carbocycles. The van der Waals surface area contributed by atoms with Gasteiger partial charge in [0.15, 0.2) is 0 Å². The fourth-order valence-corrected chi connectivity index (χ4v) is 8.75. The second-order valence-electron chi connectivity index (χ2n) is 9.87. The van der Waals surface area contributed by atoms with E-state index in [1.807, 2.05) is 7.05 Å². The highest BCUT2D eigenvalue weighted by Gasteiger charge is 2.67. The molecule has 0 bridgehead atoms. The zero-order valence-electron chi connectivity index (χ0n) is 15.6. The van der Waals surface area contributed by atoms with Crippen LogP contribution in [0.15, 0.2) is 0 Å². The van der Waals surface area contributed by atoms with Gasteiger partial charge in [-0.25, -0.2) is 0 Å². The van der Waals surface area contributed by atoms with Gasteiger partial charge < -0.3 is 15.5 Å². The number of alkyl halides is 2. The van der Waals surface area contributed by atoms with Gasteiger partial charge in [-0.05, 0) is 80.6 Å². The van der Waals surface area contributed by atoms with E-state index in [0.29, 0.717) is 24.2 Å². The summed E-state index contributed by atoms with van der Waals surface area (Å²) in [4.78, 5) is -0.499. The van der Waals surface area contributed by atoms with Gasteiger partial charge in [0, 0.05) is 6.04 Å². The number of aliphatic hydroxyl groups is 2. The molecule has 0 unspecified atom stereocenters. The van der Waals surface area contributed by atoms with Crippen molar-refractivity contribution in [3.8, 4) is 0 Å². The van der Waals surface area contributed by atoms with Crippen LogP contribution >= 0.6 is 23.2 Å². The molecule has 3 nitrogen and oxygen atoms in total. The topological polar surface area (TPSA) is 52.5 Å². The Labute approximate surface area is 161 Å². The third kappa shape index (κ3) is 2.35. The summed E-state index contributed by atoms with van der Waals surface area (Å²) >= 11 is 14.1. The smallest absolute Gasteiger partial charge is 0.0701 e. The second-order valence-corrected chi connectivity index (χ2v) is 11.1. The van der Waals surface area contributed by atoms with Crippen LogP contribution < -0.4 is 5.32 Å². The molecule has 0 aliphatic heterocycles. The number of likely N-dealkylation sites (N-methyl/N-ethyl adjacent to an activating group) is 1. The van der Waals surface area contributed by atoms with E-state index in [-0.39, 0.29) is 34.5 Å². The highest BCUT2D eigenvalue weighted by atomic mass is 35.5. The molecule has 0 aromatic rings. The molecule has 0 radical (unpaired) electrons. The standard InChI is InChI=1S/C20H33Cl2NO2/c1-18-6-5-13-12(14(18)9-15(25)17(18)23-3)8-16(21)20(22)10-11(24)4-7-19(13,20)2/h11-17,23-25H,4-10H2,1-3H3/t11-,12+,13-,14-,15+,16+,17-,18-,19+,20-/m0/s1. The Bertz CT molecular complexity index is 548. The number of fused-ring (bicyclic) bond motifs is 5. The maximum atomic E-state index is 10.7. The van der Waals surface area contributed by atoms with Crippen molar-refractivity contribution >= 4 is 23.2 Å². The second kappa shape index (κ2) is 5.98. The van der Waals surface area contributed by atoms with Crippen LogP contribution in [0.4, 0.5) is 0 Å². The molecule has 0 aromatic heterocycles. The van der Waals surface area contributed by atoms with E-state index in [9.17, 15) is 10.2 Å². The average Bonchev–Trinajstić information content (AvgIpc) is 2.80. The van der Waals surface area contributed by atoms with Crippen molar-refractivity contribution in [2.75, 3.05) is 7.05 Å². The van der Waals surface area contributed by atoms with Crippen LogP contribution in [0.3, 0.4) is 0 Å². The Morgan fingerprint density at radius 3 is 2.44 bits per heavy atom. The van der Waals surface area contributed by atoms with Crippen LogP contribution in [0.1, 0.15) is 58.8 Å². The molecule has 3 N–H and O–H groups in total. The number of rotatable bonds is 1. The SMILES string of the molecule is CN[C@H]1[C@H](O)C[C@H]2[C@@H]3C[C@@H](Cl)[C@@]4(Cl)C[C@@H](O)CC[C@]4(C)[C@H]3CC[C@@]21C. The molecule has 4 aliphatic carbocycles. The van der Waals surface area contributed by atoms with E-state index in [1.54, 1.807) is 0 Å². The van der Waals surface area contributed by atoms with Crippen LogP contribution in [0.2, 0.25) is 0 Å². The highest BCUT2D eigenvalue weighted by Crippen LogP contribution is 2.69. The number of nitrogens with one attached hydrogen (secondary N) is 1. The molecule has 0 spiro atoms. The van der Waals surface area contributed by atoms with Crippen LogP contribution in [-0.4, -0.2) is 45.8 Å². The van der Waals surface area contributed by atoms with E-state index < -0.39 is 4.87 Å². The van der Waals surface area contributed by atoms with Crippen LogP contribution in [-0.2, 0) is 0 Å². The summed E-state index contributed by atoms with van der Waals surface area (Å²) in [6.07, 6.45) is 5.92. The molecular weight excluding hydrogens is 357 g/mol. The van der Waals surface area contributed by atoms with E-state index >= 15 is 0 Å². The molecule has 4 aliphatic rings. The molecule has 25 heavy (non-hydrogen) atoms. The van der Waals surface area contributed by atoms with E-state index in [0.717, 1.165) is 38.5 Å². The van der Waals surface area contributed by atoms with Crippen molar-refractivity contribution in [1.82, 2.24) is 5.32 Å². The van der Waals surface area contributed by atoms with Crippen LogP contribution in [0.25, 0.3) is 0 Å². The average molecular weight is 390 g/mol. The molecule has 0 heterocycles. The minimum atomic E-state index is -0.499. The Morgan fingerprint density at radius 2 is 1.76 bits per heavy atom. The molecule has 0 saturated heterocycles. The van der Waals surface area contributed by atoms with Gasteiger partial charge in [-0.1, -0.05) is 13.8 Å². The zero-order chi connectivity index (χ0) is 18.2. The first-order chi connectivity index (χ1) is 11.7. The maximum Gasteiger partial charge on any atom is 0.0701 e. The molecule has 144 valence electrons. The molecule has 5 heteroatoms. The first kappa shape index (κ1) is 18.8. The fraction of sp³-hybridized carbons (Fsp3) is 1.00. The first-order valence-electron chi connectivity index (χ1n) is 10.0. The summed E-state index contributed by atoms with van der Waals surface area (Å²) in [5.74, 6) is 1.58. The molecule has 4 saturated carbocycles. The lowest BCUT2D eigenvalue weighted by Crippen LogP contribution is -2.65. The quantitative estimate of drug-likeness (QED) is 0.601. The van der Waals surface area contributed by atoms with Crippen molar-refractivity contribution in [2.24, 2.45) is 28.6 Å². The van der Waals surface area contributed by atoms with Gasteiger partial charge in [0.1, 0.15) is 0 Å². The fourth-order valence-electron chi connectivity index (χ4n) is 7.70. The van der Waals surface area contributed by atoms with Crippen LogP contribution in [0, 0.1) is 28.6 Å². The Morgan fingerprint density at radius 1 is 1.04 bits per heavy atom. The van der Waals surface area contributed by atoms with Gasteiger partial charge in [-0.2, -0.15) is 0 Å². The summed E-state index contributed by atoms with van der Waals surface area (Å²) in [5.41, 5.74) is 0.121. The van der Waals surface area contributed by atoms with Crippen molar-refractivity contribution in [2.45, 2.75) is 87.3 Å². The van der Waals surface area contributed by atoms with Crippen molar-refractivity contribution < 1.29 is 10.2 Å². The van der Waals surface area contributed by atoms with Crippen LogP contribution in [0.5, 0.6) is 0 Å². The van der Waals surface area contributed by atoms with Gasteiger partial charge in [0.25, 0.3) is 0 Å². The minimum Gasteiger partial charge on any atom is -0.393 e. The largest absolute Gasteiger partial charge is 0.393 e. The monoisotopic (exact) mass is 389 g/mol. The van der Waals surface area contributed by atoms with Gasteiger partial charge in [0.2, 0.25) is 0 Å². The number of hydrogen-bond donors (Lipinski definition) is 3. The van der Waals surface area contributed by atoms with E-state index in [1.165, 1.54) is 0 Å². The predicted molar refractivity (Wildman–Crippen MR) is 102 cm³/mol. The minimum absolute atomic E-state index is 0.0207. The van der Waals surface area contributed by atoms with Crippen molar-refractivity contribution in [3.05, 3.63) is 0 Å². The molecular formula is C20H33Cl2NO2. The third-order valence-corrected chi connectivity index (χ3v) is 10.6. The van der Waals surface area contributed by atoms with Crippen molar-refractivity contribution in [3.63, 3.8) is 0 Å². The molecule has 4 fully saturated rings. The molecule has 0 amide bonds. The summed E-state index contributed by atoms with van der Waals surface area (Å²) < 4.78 is 0. The summed E-state index contributed by atoms with van der Waals surface area (Å²) in [6, 6.07) is 0.177. The van der Waals surface area contributed by atoms with Gasteiger partial charge in [-0.15, -0.1) is 23.2 Å². The lowest BCUT2D eigenvalue weighted by molar-refractivity contribution is -0.110. The summed E-state index contributed by atoms with van der Waals surface area (Å²) in [5, 5.41) is 24.2. The van der Waals surface area contributed by atoms with Gasteiger partial charge in [-0.3, -0.25) is 0 Å². The van der Waals surface area contributed by atoms with Crippen molar-refractivity contribution in [1.29, 1.82) is 0 Å².